The second-order valence-corrected chi connectivity index (χ2v) is 5.05. The van der Waals surface area contributed by atoms with Crippen molar-refractivity contribution in [3.63, 3.8) is 0 Å². The Labute approximate surface area is 130 Å². The Kier molecular flexibility index (Phi) is 5.13. The molecule has 0 bridgehead atoms. The highest BCUT2D eigenvalue weighted by Gasteiger charge is 2.09. The van der Waals surface area contributed by atoms with Crippen molar-refractivity contribution >= 4 is 5.96 Å². The van der Waals surface area contributed by atoms with Gasteiger partial charge in [-0.15, -0.1) is 0 Å². The van der Waals surface area contributed by atoms with Crippen molar-refractivity contribution in [1.82, 2.24) is 30.6 Å². The van der Waals surface area contributed by atoms with E-state index in [0.29, 0.717) is 30.8 Å². The van der Waals surface area contributed by atoms with Crippen LogP contribution in [0, 0.1) is 20.8 Å². The number of nitrogens with one attached hydrogen (secondary N) is 2. The standard InChI is InChI=1S/C14H23N7O/c1-6-15-14(17-8-13-18-11(4)22-20-13)16-7-12-9(2)19-21(5)10(12)3/h6-8H2,1-5H3,(H2,15,16,17). The van der Waals surface area contributed by atoms with Crippen LogP contribution in [0.4, 0.5) is 0 Å². The monoisotopic (exact) mass is 305 g/mol. The van der Waals surface area contributed by atoms with Gasteiger partial charge >= 0.3 is 0 Å². The highest BCUT2D eigenvalue weighted by molar-refractivity contribution is 5.79. The van der Waals surface area contributed by atoms with Crippen LogP contribution in [0.5, 0.6) is 0 Å². The SMILES string of the molecule is CCNC(=NCc1c(C)nn(C)c1C)NCc1noc(C)n1. The molecule has 0 atom stereocenters. The minimum absolute atomic E-state index is 0.466. The maximum atomic E-state index is 4.95. The molecule has 0 radical (unpaired) electrons. The van der Waals surface area contributed by atoms with Gasteiger partial charge < -0.3 is 15.2 Å². The highest BCUT2D eigenvalue weighted by Crippen LogP contribution is 2.12. The van der Waals surface area contributed by atoms with Crippen molar-refractivity contribution in [3.05, 3.63) is 28.7 Å². The van der Waals surface area contributed by atoms with Crippen molar-refractivity contribution < 1.29 is 4.52 Å². The minimum atomic E-state index is 0.466. The second-order valence-electron chi connectivity index (χ2n) is 5.05. The summed E-state index contributed by atoms with van der Waals surface area (Å²) in [6, 6.07) is 0. The molecule has 0 fully saturated rings. The molecule has 2 aromatic rings. The van der Waals surface area contributed by atoms with Crippen LogP contribution in [0.2, 0.25) is 0 Å². The first-order valence-electron chi connectivity index (χ1n) is 7.31. The summed E-state index contributed by atoms with van der Waals surface area (Å²) in [5, 5.41) is 14.7. The van der Waals surface area contributed by atoms with Gasteiger partial charge in [-0.2, -0.15) is 10.1 Å². The lowest BCUT2D eigenvalue weighted by Crippen LogP contribution is -2.37. The first kappa shape index (κ1) is 16.0. The average molecular weight is 305 g/mol. The predicted molar refractivity (Wildman–Crippen MR) is 83.4 cm³/mol. The van der Waals surface area contributed by atoms with Crippen LogP contribution in [0.15, 0.2) is 9.52 Å². The van der Waals surface area contributed by atoms with Gasteiger partial charge in [0.1, 0.15) is 0 Å². The zero-order valence-electron chi connectivity index (χ0n) is 13.8. The molecule has 2 heterocycles. The van der Waals surface area contributed by atoms with Crippen molar-refractivity contribution in [2.45, 2.75) is 40.8 Å². The number of rotatable bonds is 5. The van der Waals surface area contributed by atoms with Gasteiger partial charge in [-0.1, -0.05) is 5.16 Å². The summed E-state index contributed by atoms with van der Waals surface area (Å²) >= 11 is 0. The van der Waals surface area contributed by atoms with E-state index in [4.69, 9.17) is 4.52 Å². The second kappa shape index (κ2) is 7.06. The van der Waals surface area contributed by atoms with E-state index in [1.54, 1.807) is 6.92 Å². The van der Waals surface area contributed by atoms with Gasteiger partial charge in [0, 0.05) is 31.8 Å². The van der Waals surface area contributed by atoms with Crippen LogP contribution in [-0.2, 0) is 20.1 Å². The molecule has 2 aromatic heterocycles. The van der Waals surface area contributed by atoms with E-state index in [1.807, 2.05) is 32.5 Å². The number of hydrogen-bond donors (Lipinski definition) is 2. The zero-order valence-corrected chi connectivity index (χ0v) is 13.8. The molecule has 0 aliphatic heterocycles. The lowest BCUT2D eigenvalue weighted by Gasteiger charge is -2.09. The highest BCUT2D eigenvalue weighted by atomic mass is 16.5. The Balaban J connectivity index is 2.03. The molecule has 0 amide bonds. The molecule has 22 heavy (non-hydrogen) atoms. The number of hydrogen-bond acceptors (Lipinski definition) is 5. The maximum absolute atomic E-state index is 4.95. The molecule has 8 nitrogen and oxygen atoms in total. The number of aliphatic imine (C=N–C) groups is 1. The summed E-state index contributed by atoms with van der Waals surface area (Å²) in [6.07, 6.45) is 0. The Morgan fingerprint density at radius 1 is 1.27 bits per heavy atom. The van der Waals surface area contributed by atoms with E-state index < -0.39 is 0 Å². The summed E-state index contributed by atoms with van der Waals surface area (Å²) in [7, 11) is 1.94. The lowest BCUT2D eigenvalue weighted by atomic mass is 10.2. The van der Waals surface area contributed by atoms with Gasteiger partial charge in [0.2, 0.25) is 5.89 Å². The molecule has 2 rings (SSSR count). The van der Waals surface area contributed by atoms with E-state index in [-0.39, 0.29) is 0 Å². The number of aryl methyl sites for hydroxylation is 3. The molecule has 0 spiro atoms. The Hall–Kier alpha value is -2.38. The topological polar surface area (TPSA) is 93.2 Å². The van der Waals surface area contributed by atoms with Gasteiger partial charge in [0.25, 0.3) is 0 Å². The molecule has 120 valence electrons. The van der Waals surface area contributed by atoms with Crippen molar-refractivity contribution in [1.29, 1.82) is 0 Å². The fourth-order valence-electron chi connectivity index (χ4n) is 2.12. The summed E-state index contributed by atoms with van der Waals surface area (Å²) in [5.74, 6) is 1.88. The van der Waals surface area contributed by atoms with E-state index >= 15 is 0 Å². The Bertz CT molecular complexity index is 656. The number of aromatic nitrogens is 4. The van der Waals surface area contributed by atoms with Gasteiger partial charge in [-0.05, 0) is 20.8 Å². The molecule has 0 unspecified atom stereocenters. The van der Waals surface area contributed by atoms with Crippen molar-refractivity contribution in [2.24, 2.45) is 12.0 Å². The quantitative estimate of drug-likeness (QED) is 0.632. The van der Waals surface area contributed by atoms with Crippen molar-refractivity contribution in [3.8, 4) is 0 Å². The fourth-order valence-corrected chi connectivity index (χ4v) is 2.12. The van der Waals surface area contributed by atoms with Crippen LogP contribution in [0.3, 0.4) is 0 Å². The third-order valence-electron chi connectivity index (χ3n) is 3.38. The molecule has 0 aromatic carbocycles. The lowest BCUT2D eigenvalue weighted by molar-refractivity contribution is 0.387. The average Bonchev–Trinajstić information content (AvgIpc) is 2.99. The minimum Gasteiger partial charge on any atom is -0.357 e. The molecule has 0 aliphatic carbocycles. The molecule has 8 heteroatoms. The fraction of sp³-hybridized carbons (Fsp3) is 0.571. The van der Waals surface area contributed by atoms with E-state index in [1.165, 1.54) is 0 Å². The summed E-state index contributed by atoms with van der Waals surface area (Å²) in [4.78, 5) is 8.75. The van der Waals surface area contributed by atoms with E-state index in [2.05, 4.69) is 30.9 Å². The number of guanidine groups is 1. The zero-order chi connectivity index (χ0) is 16.1. The van der Waals surface area contributed by atoms with Crippen molar-refractivity contribution in [2.75, 3.05) is 6.54 Å². The van der Waals surface area contributed by atoms with Gasteiger partial charge in [0.15, 0.2) is 11.8 Å². The Morgan fingerprint density at radius 2 is 2.05 bits per heavy atom. The normalized spacial score (nSPS) is 11.8. The van der Waals surface area contributed by atoms with Crippen LogP contribution < -0.4 is 10.6 Å². The maximum Gasteiger partial charge on any atom is 0.223 e. The smallest absolute Gasteiger partial charge is 0.223 e. The van der Waals surface area contributed by atoms with Gasteiger partial charge in [-0.25, -0.2) is 4.99 Å². The molecular formula is C14H23N7O. The van der Waals surface area contributed by atoms with Crippen LogP contribution in [-0.4, -0.2) is 32.4 Å². The predicted octanol–water partition coefficient (Wildman–Crippen LogP) is 0.984. The van der Waals surface area contributed by atoms with E-state index in [0.717, 1.165) is 23.5 Å². The number of nitrogens with zero attached hydrogens (tertiary/aromatic N) is 5. The van der Waals surface area contributed by atoms with Crippen LogP contribution >= 0.6 is 0 Å². The molecule has 0 saturated carbocycles. The molecular weight excluding hydrogens is 282 g/mol. The van der Waals surface area contributed by atoms with Crippen LogP contribution in [0.1, 0.15) is 35.6 Å². The first-order valence-corrected chi connectivity index (χ1v) is 7.31. The Morgan fingerprint density at radius 3 is 2.59 bits per heavy atom. The summed E-state index contributed by atoms with van der Waals surface area (Å²) < 4.78 is 6.83. The largest absolute Gasteiger partial charge is 0.357 e. The molecule has 2 N–H and O–H groups in total. The van der Waals surface area contributed by atoms with Gasteiger partial charge in [-0.3, -0.25) is 4.68 Å². The third kappa shape index (κ3) is 3.84. The van der Waals surface area contributed by atoms with Crippen LogP contribution in [0.25, 0.3) is 0 Å². The third-order valence-corrected chi connectivity index (χ3v) is 3.38. The van der Waals surface area contributed by atoms with Gasteiger partial charge in [0.05, 0.1) is 18.8 Å². The van der Waals surface area contributed by atoms with E-state index in [9.17, 15) is 0 Å². The summed E-state index contributed by atoms with van der Waals surface area (Å²) in [6.45, 7) is 9.66. The summed E-state index contributed by atoms with van der Waals surface area (Å²) in [5.41, 5.74) is 3.29. The molecule has 0 aliphatic rings. The first-order chi connectivity index (χ1) is 10.5. The molecule has 0 saturated heterocycles.